The van der Waals surface area contributed by atoms with E-state index in [1.807, 2.05) is 0 Å². The summed E-state index contributed by atoms with van der Waals surface area (Å²) >= 11 is 18.5. The smallest absolute Gasteiger partial charge is 0.275 e. The topological polar surface area (TPSA) is 74.8 Å². The van der Waals surface area contributed by atoms with Gasteiger partial charge >= 0.3 is 0 Å². The van der Waals surface area contributed by atoms with Crippen molar-refractivity contribution in [2.24, 2.45) is 35.5 Å². The molecule has 7 rings (SSSR count). The van der Waals surface area contributed by atoms with Crippen LogP contribution in [-0.2, 0) is 9.59 Å². The van der Waals surface area contributed by atoms with Crippen LogP contribution in [0.1, 0.15) is 33.6 Å². The number of allylic oxidation sites excluding steroid dienone is 2. The second-order valence-electron chi connectivity index (χ2n) is 10.1. The molecule has 1 saturated heterocycles. The third kappa shape index (κ3) is 3.84. The summed E-state index contributed by atoms with van der Waals surface area (Å²) in [5.41, 5.74) is 0.378. The van der Waals surface area contributed by atoms with Crippen molar-refractivity contribution in [2.75, 3.05) is 5.88 Å². The van der Waals surface area contributed by atoms with Crippen LogP contribution in [0.3, 0.4) is 0 Å². The van der Waals surface area contributed by atoms with Gasteiger partial charge in [0, 0.05) is 16.5 Å². The summed E-state index contributed by atoms with van der Waals surface area (Å²) in [5, 5.41) is 2.56. The lowest BCUT2D eigenvalue weighted by atomic mass is 9.63. The number of benzene rings is 2. The first kappa shape index (κ1) is 24.7. The highest BCUT2D eigenvalue weighted by atomic mass is 35.5. The minimum Gasteiger partial charge on any atom is -0.292 e. The number of hydrogen-bond donors (Lipinski definition) is 0. The Bertz CT molecular complexity index is 1310. The average Bonchev–Trinajstić information content (AvgIpc) is 3.68. The number of alkyl halides is 1. The first-order valence-electron chi connectivity index (χ1n) is 12.3. The lowest BCUT2D eigenvalue weighted by Crippen LogP contribution is -2.57. The fraction of sp³-hybridized carbons (Fsp3) is 0.357. The molecule has 37 heavy (non-hydrogen) atoms. The van der Waals surface area contributed by atoms with Gasteiger partial charge in [-0.15, -0.1) is 11.6 Å². The summed E-state index contributed by atoms with van der Waals surface area (Å²) in [4.78, 5) is 55.8. The Labute approximate surface area is 229 Å². The van der Waals surface area contributed by atoms with E-state index in [-0.39, 0.29) is 40.3 Å². The minimum atomic E-state index is -1.20. The number of nitrogens with zero attached hydrogens (tertiary/aromatic N) is 2. The van der Waals surface area contributed by atoms with Gasteiger partial charge in [0.2, 0.25) is 0 Å². The normalized spacial score (nSPS) is 29.6. The number of Topliss-reactive ketones (excluding diaryl/α,β-unsaturated/α-hetero) is 1. The molecule has 0 spiro atoms. The second-order valence-corrected chi connectivity index (χ2v) is 11.4. The molecule has 4 aliphatic carbocycles. The van der Waals surface area contributed by atoms with E-state index in [1.54, 1.807) is 42.5 Å². The van der Waals surface area contributed by atoms with Crippen molar-refractivity contribution in [3.8, 4) is 0 Å². The van der Waals surface area contributed by atoms with Crippen LogP contribution in [0.4, 0.5) is 0 Å². The molecule has 0 unspecified atom stereocenters. The molecule has 9 heteroatoms. The van der Waals surface area contributed by atoms with Gasteiger partial charge in [0.25, 0.3) is 17.7 Å². The van der Waals surface area contributed by atoms with E-state index < -0.39 is 41.4 Å². The summed E-state index contributed by atoms with van der Waals surface area (Å²) in [6, 6.07) is 11.4. The third-order valence-corrected chi connectivity index (χ3v) is 9.08. The van der Waals surface area contributed by atoms with Gasteiger partial charge in [0.15, 0.2) is 5.78 Å². The molecule has 2 bridgehead atoms. The monoisotopic (exact) mass is 556 g/mol. The molecule has 2 aromatic carbocycles. The van der Waals surface area contributed by atoms with Crippen molar-refractivity contribution in [3.05, 3.63) is 81.9 Å². The summed E-state index contributed by atoms with van der Waals surface area (Å²) in [6.45, 7) is 0. The summed E-state index contributed by atoms with van der Waals surface area (Å²) in [5.74, 6) is -2.33. The van der Waals surface area contributed by atoms with Crippen molar-refractivity contribution in [2.45, 2.75) is 18.9 Å². The second kappa shape index (κ2) is 9.26. The molecule has 2 aromatic rings. The fourth-order valence-electron chi connectivity index (χ4n) is 6.56. The lowest BCUT2D eigenvalue weighted by Gasteiger charge is -2.37. The first-order valence-corrected chi connectivity index (χ1v) is 13.6. The largest absolute Gasteiger partial charge is 0.292 e. The van der Waals surface area contributed by atoms with Gasteiger partial charge in [-0.1, -0.05) is 47.5 Å². The van der Waals surface area contributed by atoms with E-state index >= 15 is 0 Å². The molecular weight excluding hydrogens is 535 g/mol. The zero-order valence-electron chi connectivity index (χ0n) is 19.6. The van der Waals surface area contributed by atoms with Crippen LogP contribution in [-0.4, -0.2) is 45.4 Å². The third-order valence-electron chi connectivity index (χ3n) is 8.28. The Kier molecular flexibility index (Phi) is 6.17. The summed E-state index contributed by atoms with van der Waals surface area (Å²) in [6.07, 6.45) is 5.16. The van der Waals surface area contributed by atoms with Crippen LogP contribution in [0.15, 0.2) is 60.7 Å². The number of carbonyl (C=O) groups excluding carboxylic acids is 4. The number of carbonyl (C=O) groups is 4. The molecule has 0 aromatic heterocycles. The molecule has 0 N–H and O–H groups in total. The Morgan fingerprint density at radius 3 is 2.08 bits per heavy atom. The van der Waals surface area contributed by atoms with Crippen molar-refractivity contribution < 1.29 is 19.2 Å². The van der Waals surface area contributed by atoms with Crippen LogP contribution in [0, 0.1) is 35.5 Å². The van der Waals surface area contributed by atoms with Crippen molar-refractivity contribution >= 4 is 58.3 Å². The highest BCUT2D eigenvalue weighted by molar-refractivity contribution is 6.34. The molecule has 7 atom stereocenters. The van der Waals surface area contributed by atoms with E-state index in [4.69, 9.17) is 34.8 Å². The number of hydrogen-bond acceptors (Lipinski definition) is 4. The molecular formula is C28H23Cl3N2O4. The molecule has 6 nitrogen and oxygen atoms in total. The number of amides is 3. The molecule has 1 heterocycles. The van der Waals surface area contributed by atoms with Gasteiger partial charge < -0.3 is 0 Å². The molecule has 190 valence electrons. The zero-order chi connectivity index (χ0) is 26.0. The Morgan fingerprint density at radius 2 is 1.51 bits per heavy atom. The number of halogens is 3. The van der Waals surface area contributed by atoms with Gasteiger partial charge in [-0.2, -0.15) is 5.01 Å². The standard InChI is InChI=1S/C28H23Cl3N2O4/c29-12-11-22(25(34)14-5-7-15(30)8-6-14)32(26(35)18-3-1-2-4-21(18)31)33-27(36)23-16-9-10-17(20-13-19(16)20)24(23)28(33)37/h1-10,16-17,19-20,22-24H,11-13H2/t16-,17-,19-,20-,22-,23+,24+/m0/s1. The number of hydrazine groups is 1. The Hall–Kier alpha value is -2.67. The van der Waals surface area contributed by atoms with Gasteiger partial charge in [-0.05, 0) is 72.9 Å². The SMILES string of the molecule is O=C(c1ccc(Cl)cc1)[C@H](CCCl)N(C(=O)c1ccccc1Cl)N1C(=O)[C@@H]2[C@H]3C=C[C@@H]([C@@H]4C[C@@H]34)[C@H]2C1=O. The quantitative estimate of drug-likeness (QED) is 0.201. The summed E-state index contributed by atoms with van der Waals surface area (Å²) < 4.78 is 0. The van der Waals surface area contributed by atoms with Crippen molar-refractivity contribution in [1.29, 1.82) is 0 Å². The highest BCUT2D eigenvalue weighted by Crippen LogP contribution is 2.65. The molecule has 3 fully saturated rings. The van der Waals surface area contributed by atoms with Gasteiger partial charge in [0.05, 0.1) is 22.4 Å². The van der Waals surface area contributed by atoms with Gasteiger partial charge in [-0.3, -0.25) is 19.2 Å². The predicted molar refractivity (Wildman–Crippen MR) is 139 cm³/mol. The molecule has 1 aliphatic heterocycles. The van der Waals surface area contributed by atoms with E-state index in [9.17, 15) is 19.2 Å². The van der Waals surface area contributed by atoms with E-state index in [1.165, 1.54) is 6.07 Å². The van der Waals surface area contributed by atoms with Crippen LogP contribution in [0.5, 0.6) is 0 Å². The predicted octanol–water partition coefficient (Wildman–Crippen LogP) is 5.28. The van der Waals surface area contributed by atoms with Crippen molar-refractivity contribution in [3.63, 3.8) is 0 Å². The van der Waals surface area contributed by atoms with Crippen molar-refractivity contribution in [1.82, 2.24) is 10.0 Å². The number of imide groups is 1. The lowest BCUT2D eigenvalue weighted by molar-refractivity contribution is -0.157. The zero-order valence-corrected chi connectivity index (χ0v) is 21.9. The maximum Gasteiger partial charge on any atom is 0.275 e. The van der Waals surface area contributed by atoms with E-state index in [0.29, 0.717) is 16.9 Å². The van der Waals surface area contributed by atoms with Crippen LogP contribution in [0.25, 0.3) is 0 Å². The number of ketones is 1. The average molecular weight is 558 g/mol. The van der Waals surface area contributed by atoms with Gasteiger partial charge in [0.1, 0.15) is 6.04 Å². The maximum absolute atomic E-state index is 14.1. The fourth-order valence-corrected chi connectivity index (χ4v) is 7.11. The Morgan fingerprint density at radius 1 is 0.919 bits per heavy atom. The molecule has 5 aliphatic rings. The molecule has 2 saturated carbocycles. The highest BCUT2D eigenvalue weighted by Gasteiger charge is 2.68. The van der Waals surface area contributed by atoms with Crippen LogP contribution < -0.4 is 0 Å². The molecule has 0 radical (unpaired) electrons. The van der Waals surface area contributed by atoms with E-state index in [2.05, 4.69) is 12.2 Å². The number of rotatable bonds is 7. The minimum absolute atomic E-state index is 0.0241. The first-order chi connectivity index (χ1) is 17.8. The van der Waals surface area contributed by atoms with Gasteiger partial charge in [-0.25, -0.2) is 5.01 Å². The Balaban J connectivity index is 1.45. The maximum atomic E-state index is 14.1. The summed E-state index contributed by atoms with van der Waals surface area (Å²) in [7, 11) is 0. The van der Waals surface area contributed by atoms with Crippen LogP contribution >= 0.6 is 34.8 Å². The van der Waals surface area contributed by atoms with E-state index in [0.717, 1.165) is 16.4 Å². The van der Waals surface area contributed by atoms with Crippen LogP contribution in [0.2, 0.25) is 10.0 Å². The molecule has 3 amide bonds.